The molecular formula is C16H18N2O. The molecule has 0 saturated carbocycles. The molecule has 0 saturated heterocycles. The number of nitrogens with one attached hydrogen (secondary N) is 2. The molecule has 0 aliphatic carbocycles. The van der Waals surface area contributed by atoms with E-state index in [1.54, 1.807) is 0 Å². The van der Waals surface area contributed by atoms with Crippen LogP contribution in [0.4, 0.5) is 11.4 Å². The second-order valence-electron chi connectivity index (χ2n) is 4.33. The predicted molar refractivity (Wildman–Crippen MR) is 78.8 cm³/mol. The summed E-state index contributed by atoms with van der Waals surface area (Å²) >= 11 is 0. The number of carbonyl (C=O) groups excluding carboxylic acids is 1. The Morgan fingerprint density at radius 3 is 2.47 bits per heavy atom. The summed E-state index contributed by atoms with van der Waals surface area (Å²) in [5.41, 5.74) is 2.60. The van der Waals surface area contributed by atoms with Crippen LogP contribution in [0, 0.1) is 0 Å². The van der Waals surface area contributed by atoms with Crippen molar-refractivity contribution in [2.45, 2.75) is 13.3 Å². The number of hydrogen-bond donors (Lipinski definition) is 2. The zero-order valence-corrected chi connectivity index (χ0v) is 11.0. The van der Waals surface area contributed by atoms with Gasteiger partial charge in [-0.2, -0.15) is 0 Å². The molecule has 2 aromatic carbocycles. The van der Waals surface area contributed by atoms with Crippen molar-refractivity contribution >= 4 is 17.3 Å². The Kier molecular flexibility index (Phi) is 4.56. The fraction of sp³-hybridized carbons (Fsp3) is 0.188. The molecule has 0 fully saturated rings. The van der Waals surface area contributed by atoms with E-state index in [9.17, 15) is 4.79 Å². The molecule has 0 aromatic heterocycles. The lowest BCUT2D eigenvalue weighted by Crippen LogP contribution is -2.23. The molecule has 0 aliphatic heterocycles. The molecule has 2 rings (SSSR count). The van der Waals surface area contributed by atoms with Crippen LogP contribution in [0.2, 0.25) is 0 Å². The maximum atomic E-state index is 11.9. The molecule has 0 atom stereocenters. The quantitative estimate of drug-likeness (QED) is 0.856. The van der Waals surface area contributed by atoms with Crippen LogP contribution in [0.15, 0.2) is 54.6 Å². The van der Waals surface area contributed by atoms with E-state index in [0.717, 1.165) is 17.8 Å². The van der Waals surface area contributed by atoms with Crippen LogP contribution < -0.4 is 10.6 Å². The first-order valence-corrected chi connectivity index (χ1v) is 6.50. The Morgan fingerprint density at radius 1 is 1.00 bits per heavy atom. The minimum atomic E-state index is -0.0291. The van der Waals surface area contributed by atoms with Crippen LogP contribution in [0.3, 0.4) is 0 Å². The Morgan fingerprint density at radius 2 is 1.74 bits per heavy atom. The molecule has 0 aliphatic rings. The SMILES string of the molecule is CCCNC(=O)c1cccc(Nc2ccccc2)c1. The fourth-order valence-electron chi connectivity index (χ4n) is 1.77. The zero-order chi connectivity index (χ0) is 13.5. The molecule has 2 N–H and O–H groups in total. The molecule has 1 amide bonds. The molecule has 19 heavy (non-hydrogen) atoms. The van der Waals surface area contributed by atoms with Crippen molar-refractivity contribution in [3.8, 4) is 0 Å². The minimum absolute atomic E-state index is 0.0291. The zero-order valence-electron chi connectivity index (χ0n) is 11.0. The van der Waals surface area contributed by atoms with Crippen molar-refractivity contribution < 1.29 is 4.79 Å². The van der Waals surface area contributed by atoms with E-state index >= 15 is 0 Å². The van der Waals surface area contributed by atoms with Crippen molar-refractivity contribution in [3.63, 3.8) is 0 Å². The molecule has 98 valence electrons. The van der Waals surface area contributed by atoms with Crippen LogP contribution in [-0.4, -0.2) is 12.5 Å². The van der Waals surface area contributed by atoms with Crippen molar-refractivity contribution in [3.05, 3.63) is 60.2 Å². The van der Waals surface area contributed by atoms with E-state index < -0.39 is 0 Å². The summed E-state index contributed by atoms with van der Waals surface area (Å²) in [6.07, 6.45) is 0.938. The van der Waals surface area contributed by atoms with Gasteiger partial charge in [0.2, 0.25) is 0 Å². The van der Waals surface area contributed by atoms with Crippen LogP contribution in [0.25, 0.3) is 0 Å². The molecule has 3 heteroatoms. The van der Waals surface area contributed by atoms with Crippen LogP contribution in [-0.2, 0) is 0 Å². The van der Waals surface area contributed by atoms with E-state index in [4.69, 9.17) is 0 Å². The summed E-state index contributed by atoms with van der Waals surface area (Å²) < 4.78 is 0. The molecule has 0 bridgehead atoms. The van der Waals surface area contributed by atoms with Gasteiger partial charge in [0, 0.05) is 23.5 Å². The van der Waals surface area contributed by atoms with Gasteiger partial charge in [0.15, 0.2) is 0 Å². The highest BCUT2D eigenvalue weighted by Crippen LogP contribution is 2.17. The first-order valence-electron chi connectivity index (χ1n) is 6.50. The molecular weight excluding hydrogens is 236 g/mol. The summed E-state index contributed by atoms with van der Waals surface area (Å²) in [5, 5.41) is 6.15. The Balaban J connectivity index is 2.09. The lowest BCUT2D eigenvalue weighted by atomic mass is 10.2. The Labute approximate surface area is 113 Å². The minimum Gasteiger partial charge on any atom is -0.356 e. The molecule has 0 heterocycles. The van der Waals surface area contributed by atoms with Gasteiger partial charge in [-0.25, -0.2) is 0 Å². The monoisotopic (exact) mass is 254 g/mol. The van der Waals surface area contributed by atoms with E-state index in [2.05, 4.69) is 10.6 Å². The fourth-order valence-corrected chi connectivity index (χ4v) is 1.77. The summed E-state index contributed by atoms with van der Waals surface area (Å²) in [4.78, 5) is 11.9. The maximum absolute atomic E-state index is 11.9. The summed E-state index contributed by atoms with van der Waals surface area (Å²) in [5.74, 6) is -0.0291. The van der Waals surface area contributed by atoms with E-state index in [1.165, 1.54) is 0 Å². The molecule has 0 unspecified atom stereocenters. The van der Waals surface area contributed by atoms with Crippen LogP contribution in [0.1, 0.15) is 23.7 Å². The lowest BCUT2D eigenvalue weighted by Gasteiger charge is -2.08. The number of benzene rings is 2. The first-order chi connectivity index (χ1) is 9.29. The Hall–Kier alpha value is -2.29. The molecule has 3 nitrogen and oxygen atoms in total. The van der Waals surface area contributed by atoms with Crippen molar-refractivity contribution in [2.75, 3.05) is 11.9 Å². The topological polar surface area (TPSA) is 41.1 Å². The highest BCUT2D eigenvalue weighted by molar-refractivity contribution is 5.95. The number of hydrogen-bond acceptors (Lipinski definition) is 2. The van der Waals surface area contributed by atoms with Gasteiger partial charge >= 0.3 is 0 Å². The number of carbonyl (C=O) groups is 1. The third-order valence-electron chi connectivity index (χ3n) is 2.72. The van der Waals surface area contributed by atoms with Crippen LogP contribution in [0.5, 0.6) is 0 Å². The Bertz CT molecular complexity index is 537. The molecule has 2 aromatic rings. The van der Waals surface area contributed by atoms with E-state index in [-0.39, 0.29) is 5.91 Å². The van der Waals surface area contributed by atoms with Gasteiger partial charge in [-0.3, -0.25) is 4.79 Å². The number of para-hydroxylation sites is 1. The van der Waals surface area contributed by atoms with Gasteiger partial charge in [0.25, 0.3) is 5.91 Å². The highest BCUT2D eigenvalue weighted by Gasteiger charge is 2.05. The van der Waals surface area contributed by atoms with Crippen LogP contribution >= 0.6 is 0 Å². The summed E-state index contributed by atoms with van der Waals surface area (Å²) in [6, 6.07) is 17.4. The number of amides is 1. The largest absolute Gasteiger partial charge is 0.356 e. The van der Waals surface area contributed by atoms with Gasteiger partial charge in [-0.1, -0.05) is 31.2 Å². The van der Waals surface area contributed by atoms with Gasteiger partial charge in [-0.15, -0.1) is 0 Å². The van der Waals surface area contributed by atoms with Crippen molar-refractivity contribution in [1.82, 2.24) is 5.32 Å². The van der Waals surface area contributed by atoms with E-state index in [0.29, 0.717) is 12.1 Å². The molecule has 0 spiro atoms. The van der Waals surface area contributed by atoms with Gasteiger partial charge < -0.3 is 10.6 Å². The van der Waals surface area contributed by atoms with Crippen molar-refractivity contribution in [2.24, 2.45) is 0 Å². The number of anilines is 2. The smallest absolute Gasteiger partial charge is 0.251 e. The predicted octanol–water partition coefficient (Wildman–Crippen LogP) is 3.57. The number of rotatable bonds is 5. The summed E-state index contributed by atoms with van der Waals surface area (Å²) in [6.45, 7) is 2.74. The van der Waals surface area contributed by atoms with Gasteiger partial charge in [0.1, 0.15) is 0 Å². The average molecular weight is 254 g/mol. The highest BCUT2D eigenvalue weighted by atomic mass is 16.1. The average Bonchev–Trinajstić information content (AvgIpc) is 2.46. The lowest BCUT2D eigenvalue weighted by molar-refractivity contribution is 0.0953. The van der Waals surface area contributed by atoms with Crippen molar-refractivity contribution in [1.29, 1.82) is 0 Å². The van der Waals surface area contributed by atoms with Gasteiger partial charge in [0.05, 0.1) is 0 Å². The van der Waals surface area contributed by atoms with E-state index in [1.807, 2.05) is 61.5 Å². The normalized spacial score (nSPS) is 9.95. The third kappa shape index (κ3) is 3.85. The first kappa shape index (κ1) is 13.1. The third-order valence-corrected chi connectivity index (χ3v) is 2.72. The second kappa shape index (κ2) is 6.59. The molecule has 0 radical (unpaired) electrons. The maximum Gasteiger partial charge on any atom is 0.251 e. The van der Waals surface area contributed by atoms with Gasteiger partial charge in [-0.05, 0) is 36.8 Å². The summed E-state index contributed by atoms with van der Waals surface area (Å²) in [7, 11) is 0. The second-order valence-corrected chi connectivity index (χ2v) is 4.33. The standard InChI is InChI=1S/C16H18N2O/c1-2-11-17-16(19)13-7-6-10-15(12-13)18-14-8-4-3-5-9-14/h3-10,12,18H,2,11H2,1H3,(H,17,19).